The Morgan fingerprint density at radius 3 is 2.59 bits per heavy atom. The van der Waals surface area contributed by atoms with Crippen molar-refractivity contribution >= 4 is 33.4 Å². The zero-order valence-corrected chi connectivity index (χ0v) is 17.8. The van der Waals surface area contributed by atoms with E-state index in [9.17, 15) is 13.2 Å². The smallest absolute Gasteiger partial charge is 0.243 e. The molecule has 29 heavy (non-hydrogen) atoms. The minimum atomic E-state index is -3.66. The van der Waals surface area contributed by atoms with Crippen LogP contribution in [0, 0.1) is 0 Å². The van der Waals surface area contributed by atoms with Gasteiger partial charge < -0.3 is 14.8 Å². The molecule has 0 radical (unpaired) electrons. The van der Waals surface area contributed by atoms with Gasteiger partial charge in [0.15, 0.2) is 0 Å². The number of benzene rings is 2. The second-order valence-electron chi connectivity index (χ2n) is 6.41. The van der Waals surface area contributed by atoms with Crippen molar-refractivity contribution in [1.82, 2.24) is 4.31 Å². The normalized spacial score (nSPS) is 15.1. The summed E-state index contributed by atoms with van der Waals surface area (Å²) in [5.74, 6) is 1.16. The third-order valence-corrected chi connectivity index (χ3v) is 7.30. The minimum absolute atomic E-state index is 0.118. The Morgan fingerprint density at radius 2 is 1.90 bits per heavy atom. The number of carbonyl (C=O) groups excluding carboxylic acids is 1. The topological polar surface area (TPSA) is 84.9 Å². The van der Waals surface area contributed by atoms with Crippen molar-refractivity contribution in [2.24, 2.45) is 0 Å². The van der Waals surface area contributed by atoms with Crippen molar-refractivity contribution in [1.29, 1.82) is 0 Å². The van der Waals surface area contributed by atoms with E-state index in [1.165, 1.54) is 35.3 Å². The van der Waals surface area contributed by atoms with E-state index in [4.69, 9.17) is 9.47 Å². The molecule has 2 aromatic rings. The van der Waals surface area contributed by atoms with E-state index < -0.39 is 10.0 Å². The molecule has 1 fully saturated rings. The van der Waals surface area contributed by atoms with Gasteiger partial charge in [-0.25, -0.2) is 8.42 Å². The van der Waals surface area contributed by atoms with Crippen molar-refractivity contribution < 1.29 is 22.7 Å². The third kappa shape index (κ3) is 5.72. The fourth-order valence-electron chi connectivity index (χ4n) is 2.90. The summed E-state index contributed by atoms with van der Waals surface area (Å²) in [6, 6.07) is 14.4. The van der Waals surface area contributed by atoms with E-state index in [2.05, 4.69) is 5.32 Å². The minimum Gasteiger partial charge on any atom is -0.495 e. The number of nitrogens with zero attached hydrogens (tertiary/aromatic N) is 1. The summed E-state index contributed by atoms with van der Waals surface area (Å²) >= 11 is 1.49. The predicted molar refractivity (Wildman–Crippen MR) is 114 cm³/mol. The average Bonchev–Trinajstić information content (AvgIpc) is 2.75. The molecule has 0 bridgehead atoms. The maximum atomic E-state index is 12.9. The second-order valence-corrected chi connectivity index (χ2v) is 9.33. The Morgan fingerprint density at radius 1 is 1.17 bits per heavy atom. The Hall–Kier alpha value is -2.07. The summed E-state index contributed by atoms with van der Waals surface area (Å²) in [4.78, 5) is 12.5. The van der Waals surface area contributed by atoms with Gasteiger partial charge in [-0.2, -0.15) is 4.31 Å². The molecule has 0 spiro atoms. The summed E-state index contributed by atoms with van der Waals surface area (Å²) in [5.41, 5.74) is 1.48. The van der Waals surface area contributed by atoms with Crippen LogP contribution in [0.1, 0.15) is 5.56 Å². The van der Waals surface area contributed by atoms with E-state index in [-0.39, 0.29) is 16.6 Å². The molecule has 1 N–H and O–H groups in total. The zero-order valence-electron chi connectivity index (χ0n) is 16.2. The number of sulfonamides is 1. The Bertz CT molecular complexity index is 929. The van der Waals surface area contributed by atoms with Crippen molar-refractivity contribution in [2.75, 3.05) is 44.5 Å². The highest BCUT2D eigenvalue weighted by Crippen LogP contribution is 2.29. The second kappa shape index (κ2) is 10.1. The Labute approximate surface area is 175 Å². The van der Waals surface area contributed by atoms with Gasteiger partial charge in [0.25, 0.3) is 0 Å². The van der Waals surface area contributed by atoms with Crippen LogP contribution in [0.3, 0.4) is 0 Å². The number of amides is 1. The number of hydrogen-bond donors (Lipinski definition) is 1. The lowest BCUT2D eigenvalue weighted by Gasteiger charge is -2.26. The molecule has 0 atom stereocenters. The van der Waals surface area contributed by atoms with Crippen LogP contribution in [-0.2, 0) is 25.3 Å². The SMILES string of the molecule is COc1ccc(S(=O)(=O)N2CCOCC2)cc1NC(=O)CSCc1ccccc1. The van der Waals surface area contributed by atoms with Gasteiger partial charge in [-0.05, 0) is 23.8 Å². The summed E-state index contributed by atoms with van der Waals surface area (Å²) in [7, 11) is -2.18. The number of ether oxygens (including phenoxy) is 2. The van der Waals surface area contributed by atoms with Crippen LogP contribution in [0.5, 0.6) is 5.75 Å². The quantitative estimate of drug-likeness (QED) is 0.685. The van der Waals surface area contributed by atoms with Crippen molar-refractivity contribution in [2.45, 2.75) is 10.6 Å². The molecule has 7 nitrogen and oxygen atoms in total. The number of rotatable bonds is 8. The van der Waals surface area contributed by atoms with Crippen LogP contribution in [0.2, 0.25) is 0 Å². The van der Waals surface area contributed by atoms with E-state index in [1.54, 1.807) is 6.07 Å². The first-order chi connectivity index (χ1) is 14.0. The molecule has 2 aromatic carbocycles. The molecule has 9 heteroatoms. The number of methoxy groups -OCH3 is 1. The Kier molecular flexibility index (Phi) is 7.54. The predicted octanol–water partition coefficient (Wildman–Crippen LogP) is 2.59. The standard InChI is InChI=1S/C20H24N2O5S2/c1-26-19-8-7-17(29(24,25)22-9-11-27-12-10-22)13-18(19)21-20(23)15-28-14-16-5-3-2-4-6-16/h2-8,13H,9-12,14-15H2,1H3,(H,21,23). The van der Waals surface area contributed by atoms with Gasteiger partial charge in [0.1, 0.15) is 5.75 Å². The van der Waals surface area contributed by atoms with E-state index in [1.807, 2.05) is 30.3 Å². The first-order valence-electron chi connectivity index (χ1n) is 9.18. The van der Waals surface area contributed by atoms with E-state index >= 15 is 0 Å². The molecule has 1 amide bonds. The molecular formula is C20H24N2O5S2. The van der Waals surface area contributed by atoms with Gasteiger partial charge in [-0.3, -0.25) is 4.79 Å². The number of morpholine rings is 1. The lowest BCUT2D eigenvalue weighted by atomic mass is 10.2. The van der Waals surface area contributed by atoms with Crippen LogP contribution < -0.4 is 10.1 Å². The number of hydrogen-bond acceptors (Lipinski definition) is 6. The maximum Gasteiger partial charge on any atom is 0.243 e. The maximum absolute atomic E-state index is 12.9. The molecule has 1 heterocycles. The first-order valence-corrected chi connectivity index (χ1v) is 11.8. The van der Waals surface area contributed by atoms with Crippen LogP contribution in [0.25, 0.3) is 0 Å². The van der Waals surface area contributed by atoms with Gasteiger partial charge in [-0.1, -0.05) is 30.3 Å². The molecule has 3 rings (SSSR count). The third-order valence-electron chi connectivity index (χ3n) is 4.40. The Balaban J connectivity index is 1.67. The molecular weight excluding hydrogens is 412 g/mol. The van der Waals surface area contributed by atoms with Gasteiger partial charge >= 0.3 is 0 Å². The molecule has 0 unspecified atom stereocenters. The largest absolute Gasteiger partial charge is 0.495 e. The van der Waals surface area contributed by atoms with Crippen LogP contribution >= 0.6 is 11.8 Å². The summed E-state index contributed by atoms with van der Waals surface area (Å²) in [6.45, 7) is 1.37. The lowest BCUT2D eigenvalue weighted by molar-refractivity contribution is -0.113. The average molecular weight is 437 g/mol. The van der Waals surface area contributed by atoms with Crippen LogP contribution in [0.15, 0.2) is 53.4 Å². The molecule has 1 saturated heterocycles. The molecule has 0 aliphatic carbocycles. The molecule has 1 aliphatic heterocycles. The lowest BCUT2D eigenvalue weighted by Crippen LogP contribution is -2.40. The first kappa shape index (κ1) is 21.6. The van der Waals surface area contributed by atoms with Gasteiger partial charge in [0, 0.05) is 18.8 Å². The number of anilines is 1. The van der Waals surface area contributed by atoms with Crippen molar-refractivity contribution in [3.63, 3.8) is 0 Å². The number of nitrogens with one attached hydrogen (secondary N) is 1. The molecule has 1 aliphatic rings. The zero-order chi connectivity index (χ0) is 20.7. The van der Waals surface area contributed by atoms with Crippen LogP contribution in [0.4, 0.5) is 5.69 Å². The van der Waals surface area contributed by atoms with Crippen molar-refractivity contribution in [3.8, 4) is 5.75 Å². The highest BCUT2D eigenvalue weighted by molar-refractivity contribution is 7.99. The summed E-state index contributed by atoms with van der Waals surface area (Å²) < 4.78 is 37.6. The van der Waals surface area contributed by atoms with Gasteiger partial charge in [0.05, 0.1) is 36.7 Å². The number of thioether (sulfide) groups is 1. The van der Waals surface area contributed by atoms with Gasteiger partial charge in [-0.15, -0.1) is 11.8 Å². The highest BCUT2D eigenvalue weighted by Gasteiger charge is 2.27. The fraction of sp³-hybridized carbons (Fsp3) is 0.350. The van der Waals surface area contributed by atoms with Gasteiger partial charge in [0.2, 0.25) is 15.9 Å². The fourth-order valence-corrected chi connectivity index (χ4v) is 5.13. The summed E-state index contributed by atoms with van der Waals surface area (Å²) in [6.07, 6.45) is 0. The van der Waals surface area contributed by atoms with E-state index in [0.29, 0.717) is 37.7 Å². The molecule has 0 saturated carbocycles. The van der Waals surface area contributed by atoms with Crippen molar-refractivity contribution in [3.05, 3.63) is 54.1 Å². The number of carbonyl (C=O) groups is 1. The highest BCUT2D eigenvalue weighted by atomic mass is 32.2. The summed E-state index contributed by atoms with van der Waals surface area (Å²) in [5, 5.41) is 2.77. The molecule has 0 aromatic heterocycles. The van der Waals surface area contributed by atoms with E-state index in [0.717, 1.165) is 11.3 Å². The monoisotopic (exact) mass is 436 g/mol. The van der Waals surface area contributed by atoms with Crippen LogP contribution in [-0.4, -0.2) is 57.8 Å². The molecule has 156 valence electrons.